The van der Waals surface area contributed by atoms with Gasteiger partial charge < -0.3 is 14.7 Å². The van der Waals surface area contributed by atoms with Gasteiger partial charge in [0.2, 0.25) is 17.7 Å². The van der Waals surface area contributed by atoms with E-state index in [1.807, 2.05) is 58.9 Å². The molecular weight excluding hydrogens is 528 g/mol. The molecule has 3 aromatic rings. The monoisotopic (exact) mass is 568 g/mol. The van der Waals surface area contributed by atoms with Crippen molar-refractivity contribution in [3.8, 4) is 11.1 Å². The standard InChI is InChI=1S/C30H40N4O5S/c1-8-11-27(35)34(28(19(2)3)29(36)31-20(4)5)18-23-14-16-24(17-15-23)25-12-9-10-13-26(25)40(37,38)33-30-21(6)22(7)32-39-30/h9-10,12-17,19-20,28,33H,8,11,18H2,1-7H3,(H,31,36)/t28-/m0/s1. The van der Waals surface area contributed by atoms with Gasteiger partial charge in [-0.1, -0.05) is 68.4 Å². The number of carbonyl (C=O) groups is 2. The minimum atomic E-state index is -3.97. The molecule has 0 aliphatic heterocycles. The summed E-state index contributed by atoms with van der Waals surface area (Å²) in [6.07, 6.45) is 1.02. The van der Waals surface area contributed by atoms with Crippen molar-refractivity contribution in [1.82, 2.24) is 15.4 Å². The van der Waals surface area contributed by atoms with E-state index in [9.17, 15) is 18.0 Å². The third-order valence-corrected chi connectivity index (χ3v) is 8.02. The molecule has 0 saturated heterocycles. The Balaban J connectivity index is 1.92. The van der Waals surface area contributed by atoms with Crippen LogP contribution in [0.25, 0.3) is 11.1 Å². The quantitative estimate of drug-likeness (QED) is 0.300. The van der Waals surface area contributed by atoms with Crippen LogP contribution in [0, 0.1) is 19.8 Å². The molecule has 0 spiro atoms. The average molecular weight is 569 g/mol. The molecule has 10 heteroatoms. The van der Waals surface area contributed by atoms with Crippen LogP contribution in [0.1, 0.15) is 64.3 Å². The molecule has 0 radical (unpaired) electrons. The fourth-order valence-corrected chi connectivity index (χ4v) is 5.76. The number of nitrogens with zero attached hydrogens (tertiary/aromatic N) is 2. The molecule has 1 heterocycles. The molecule has 1 atom stereocenters. The van der Waals surface area contributed by atoms with Gasteiger partial charge in [-0.15, -0.1) is 0 Å². The first-order chi connectivity index (χ1) is 18.9. The first-order valence-electron chi connectivity index (χ1n) is 13.6. The minimum absolute atomic E-state index is 0.0426. The summed E-state index contributed by atoms with van der Waals surface area (Å²) in [5.74, 6) is -0.250. The maximum Gasteiger partial charge on any atom is 0.264 e. The van der Waals surface area contributed by atoms with Gasteiger partial charge in [-0.25, -0.2) is 13.1 Å². The fourth-order valence-electron chi connectivity index (χ4n) is 4.49. The number of aromatic nitrogens is 1. The first-order valence-corrected chi connectivity index (χ1v) is 15.1. The normalized spacial score (nSPS) is 12.4. The Bertz CT molecular complexity index is 1430. The zero-order valence-electron chi connectivity index (χ0n) is 24.3. The largest absolute Gasteiger partial charge is 0.352 e. The molecule has 2 amide bonds. The van der Waals surface area contributed by atoms with Crippen molar-refractivity contribution in [2.45, 2.75) is 84.8 Å². The van der Waals surface area contributed by atoms with Crippen molar-refractivity contribution >= 4 is 27.7 Å². The predicted octanol–water partition coefficient (Wildman–Crippen LogP) is 5.44. The molecular formula is C30H40N4O5S. The maximum atomic E-state index is 13.3. The van der Waals surface area contributed by atoms with E-state index >= 15 is 0 Å². The van der Waals surface area contributed by atoms with Crippen LogP contribution in [0.4, 0.5) is 5.88 Å². The van der Waals surface area contributed by atoms with Gasteiger partial charge in [0, 0.05) is 30.1 Å². The number of aryl methyl sites for hydroxylation is 1. The smallest absolute Gasteiger partial charge is 0.264 e. The number of amides is 2. The van der Waals surface area contributed by atoms with E-state index in [1.165, 1.54) is 6.07 Å². The van der Waals surface area contributed by atoms with Crippen molar-refractivity contribution in [1.29, 1.82) is 0 Å². The van der Waals surface area contributed by atoms with Crippen LogP contribution in [0.15, 0.2) is 57.9 Å². The van der Waals surface area contributed by atoms with Crippen molar-refractivity contribution < 1.29 is 22.5 Å². The van der Waals surface area contributed by atoms with E-state index in [0.717, 1.165) is 5.56 Å². The highest BCUT2D eigenvalue weighted by molar-refractivity contribution is 7.92. The zero-order chi connectivity index (χ0) is 29.6. The Morgan fingerprint density at radius 3 is 2.20 bits per heavy atom. The van der Waals surface area contributed by atoms with Crippen LogP contribution in [0.2, 0.25) is 0 Å². The van der Waals surface area contributed by atoms with Gasteiger partial charge in [-0.2, -0.15) is 0 Å². The molecule has 2 aromatic carbocycles. The topological polar surface area (TPSA) is 122 Å². The molecule has 3 rings (SSSR count). The van der Waals surface area contributed by atoms with Crippen LogP contribution in [0.3, 0.4) is 0 Å². The van der Waals surface area contributed by atoms with Gasteiger partial charge in [0.25, 0.3) is 10.0 Å². The first kappa shape index (κ1) is 30.9. The third kappa shape index (κ3) is 7.29. The van der Waals surface area contributed by atoms with Crippen molar-refractivity contribution in [2.24, 2.45) is 5.92 Å². The molecule has 40 heavy (non-hydrogen) atoms. The lowest BCUT2D eigenvalue weighted by atomic mass is 9.98. The summed E-state index contributed by atoms with van der Waals surface area (Å²) in [6, 6.07) is 13.4. The van der Waals surface area contributed by atoms with E-state index in [0.29, 0.717) is 35.2 Å². The Morgan fingerprint density at radius 1 is 1.00 bits per heavy atom. The summed E-state index contributed by atoms with van der Waals surface area (Å²) in [6.45, 7) is 13.3. The molecule has 0 bridgehead atoms. The highest BCUT2D eigenvalue weighted by atomic mass is 32.2. The molecule has 9 nitrogen and oxygen atoms in total. The van der Waals surface area contributed by atoms with E-state index in [-0.39, 0.29) is 41.1 Å². The number of hydrogen-bond donors (Lipinski definition) is 2. The summed E-state index contributed by atoms with van der Waals surface area (Å²) in [4.78, 5) is 28.0. The Hall–Kier alpha value is -3.66. The second-order valence-electron chi connectivity index (χ2n) is 10.6. The Labute approximate surface area is 237 Å². The number of benzene rings is 2. The summed E-state index contributed by atoms with van der Waals surface area (Å²) in [7, 11) is -3.97. The Morgan fingerprint density at radius 2 is 1.65 bits per heavy atom. The minimum Gasteiger partial charge on any atom is -0.352 e. The molecule has 0 fully saturated rings. The lowest BCUT2D eigenvalue weighted by Crippen LogP contribution is -2.53. The fraction of sp³-hybridized carbons (Fsp3) is 0.433. The van der Waals surface area contributed by atoms with Crippen molar-refractivity contribution in [3.63, 3.8) is 0 Å². The van der Waals surface area contributed by atoms with Gasteiger partial charge in [0.1, 0.15) is 6.04 Å². The maximum absolute atomic E-state index is 13.3. The van der Waals surface area contributed by atoms with Crippen LogP contribution in [-0.2, 0) is 26.2 Å². The van der Waals surface area contributed by atoms with E-state index in [2.05, 4.69) is 15.2 Å². The number of nitrogens with one attached hydrogen (secondary N) is 2. The van der Waals surface area contributed by atoms with Gasteiger partial charge in [-0.05, 0) is 57.2 Å². The highest BCUT2D eigenvalue weighted by Gasteiger charge is 2.32. The number of rotatable bonds is 12. The number of sulfonamides is 1. The van der Waals surface area contributed by atoms with Crippen LogP contribution in [0.5, 0.6) is 0 Å². The Kier molecular flexibility index (Phi) is 10.1. The average Bonchev–Trinajstić information content (AvgIpc) is 3.20. The molecule has 216 valence electrons. The lowest BCUT2D eigenvalue weighted by molar-refractivity contribution is -0.143. The van der Waals surface area contributed by atoms with Gasteiger partial charge in [-0.3, -0.25) is 9.59 Å². The molecule has 1 aromatic heterocycles. The van der Waals surface area contributed by atoms with E-state index < -0.39 is 16.1 Å². The SMILES string of the molecule is CCCC(=O)N(Cc1ccc(-c2ccccc2S(=O)(=O)Nc2onc(C)c2C)cc1)[C@H](C(=O)NC(C)C)C(C)C. The molecule has 0 unspecified atom stereocenters. The molecule has 2 N–H and O–H groups in total. The van der Waals surface area contributed by atoms with Gasteiger partial charge in [0.05, 0.1) is 10.6 Å². The van der Waals surface area contributed by atoms with Crippen LogP contribution in [-0.4, -0.2) is 42.4 Å². The zero-order valence-corrected chi connectivity index (χ0v) is 25.1. The summed E-state index contributed by atoms with van der Waals surface area (Å²) < 4.78 is 34.3. The van der Waals surface area contributed by atoms with E-state index in [1.54, 1.807) is 36.9 Å². The van der Waals surface area contributed by atoms with Crippen LogP contribution < -0.4 is 10.0 Å². The molecule has 0 aliphatic carbocycles. The lowest BCUT2D eigenvalue weighted by Gasteiger charge is -2.34. The van der Waals surface area contributed by atoms with Crippen molar-refractivity contribution in [3.05, 3.63) is 65.4 Å². The van der Waals surface area contributed by atoms with Gasteiger partial charge >= 0.3 is 0 Å². The molecule has 0 saturated carbocycles. The highest BCUT2D eigenvalue weighted by Crippen LogP contribution is 2.30. The molecule has 0 aliphatic rings. The van der Waals surface area contributed by atoms with Crippen LogP contribution >= 0.6 is 0 Å². The van der Waals surface area contributed by atoms with Gasteiger partial charge in [0.15, 0.2) is 0 Å². The summed E-state index contributed by atoms with van der Waals surface area (Å²) in [5, 5.41) is 6.78. The summed E-state index contributed by atoms with van der Waals surface area (Å²) >= 11 is 0. The number of hydrogen-bond acceptors (Lipinski definition) is 6. The second kappa shape index (κ2) is 13.1. The number of anilines is 1. The summed E-state index contributed by atoms with van der Waals surface area (Å²) in [5.41, 5.74) is 3.27. The van der Waals surface area contributed by atoms with Crippen molar-refractivity contribution in [2.75, 3.05) is 4.72 Å². The predicted molar refractivity (Wildman–Crippen MR) is 156 cm³/mol. The second-order valence-corrected chi connectivity index (χ2v) is 12.3. The number of carbonyl (C=O) groups excluding carboxylic acids is 2. The van der Waals surface area contributed by atoms with E-state index in [4.69, 9.17) is 4.52 Å². The third-order valence-electron chi connectivity index (χ3n) is 6.63.